The quantitative estimate of drug-likeness (QED) is 0.474. The first-order chi connectivity index (χ1) is 5.60. The molecule has 2 heteroatoms. The van der Waals surface area contributed by atoms with Crippen LogP contribution in [-0.2, 0) is 4.79 Å². The molecule has 0 aromatic heterocycles. The zero-order chi connectivity index (χ0) is 9.61. The van der Waals surface area contributed by atoms with Crippen LogP contribution in [0, 0.1) is 0 Å². The summed E-state index contributed by atoms with van der Waals surface area (Å²) in [7, 11) is -1.18. The molecular formula is C10H20OSi. The molecular weight excluding hydrogens is 164 g/mol. The van der Waals surface area contributed by atoms with Crippen LogP contribution in [0.2, 0.25) is 18.1 Å². The number of hydrogen-bond donors (Lipinski definition) is 0. The SMILES string of the molecule is CC[Si](/C=C/C(C)=O)(CC)CC. The molecule has 0 fully saturated rings. The van der Waals surface area contributed by atoms with E-state index in [4.69, 9.17) is 0 Å². The van der Waals surface area contributed by atoms with Gasteiger partial charge in [0, 0.05) is 0 Å². The van der Waals surface area contributed by atoms with Crippen molar-refractivity contribution in [2.24, 2.45) is 0 Å². The standard InChI is InChI=1S/C10H20OSi/c1-5-12(6-2,7-3)9-8-10(4)11/h8-9H,5-7H2,1-4H3/b9-8+. The number of rotatable bonds is 5. The third-order valence-electron chi connectivity index (χ3n) is 2.78. The average molecular weight is 184 g/mol. The highest BCUT2D eigenvalue weighted by molar-refractivity contribution is 6.84. The van der Waals surface area contributed by atoms with E-state index in [0.717, 1.165) is 0 Å². The Morgan fingerprint density at radius 3 is 1.83 bits per heavy atom. The van der Waals surface area contributed by atoms with Gasteiger partial charge in [0.05, 0.1) is 8.07 Å². The van der Waals surface area contributed by atoms with E-state index < -0.39 is 8.07 Å². The Hall–Kier alpha value is -0.373. The summed E-state index contributed by atoms with van der Waals surface area (Å²) < 4.78 is 0. The van der Waals surface area contributed by atoms with E-state index in [-0.39, 0.29) is 5.78 Å². The second kappa shape index (κ2) is 5.30. The van der Waals surface area contributed by atoms with E-state index in [9.17, 15) is 4.79 Å². The number of ketones is 1. The van der Waals surface area contributed by atoms with Gasteiger partial charge in [-0.25, -0.2) is 0 Å². The van der Waals surface area contributed by atoms with E-state index in [1.54, 1.807) is 13.0 Å². The molecule has 0 aromatic rings. The summed E-state index contributed by atoms with van der Waals surface area (Å²) in [6.07, 6.45) is 1.77. The lowest BCUT2D eigenvalue weighted by Gasteiger charge is -2.23. The van der Waals surface area contributed by atoms with Crippen LogP contribution in [0.4, 0.5) is 0 Å². The molecule has 0 saturated carbocycles. The molecule has 0 aliphatic rings. The van der Waals surface area contributed by atoms with Crippen molar-refractivity contribution in [1.82, 2.24) is 0 Å². The van der Waals surface area contributed by atoms with Gasteiger partial charge in [0.1, 0.15) is 0 Å². The van der Waals surface area contributed by atoms with Crippen LogP contribution < -0.4 is 0 Å². The minimum Gasteiger partial charge on any atom is -0.295 e. The monoisotopic (exact) mass is 184 g/mol. The van der Waals surface area contributed by atoms with E-state index >= 15 is 0 Å². The van der Waals surface area contributed by atoms with Gasteiger partial charge in [0.2, 0.25) is 0 Å². The molecule has 1 nitrogen and oxygen atoms in total. The molecule has 0 N–H and O–H groups in total. The third-order valence-corrected chi connectivity index (χ3v) is 7.88. The Balaban J connectivity index is 4.39. The molecule has 0 aliphatic heterocycles. The molecule has 0 rings (SSSR count). The van der Waals surface area contributed by atoms with E-state index in [1.165, 1.54) is 18.1 Å². The molecule has 0 atom stereocenters. The average Bonchev–Trinajstić information content (AvgIpc) is 2.08. The Morgan fingerprint density at radius 2 is 1.58 bits per heavy atom. The summed E-state index contributed by atoms with van der Waals surface area (Å²) in [5.41, 5.74) is 2.22. The van der Waals surface area contributed by atoms with E-state index in [0.29, 0.717) is 0 Å². The van der Waals surface area contributed by atoms with Crippen LogP contribution in [0.1, 0.15) is 27.7 Å². The van der Waals surface area contributed by atoms with Gasteiger partial charge in [-0.15, -0.1) is 0 Å². The minimum atomic E-state index is -1.18. The van der Waals surface area contributed by atoms with Crippen molar-refractivity contribution >= 4 is 13.9 Å². The molecule has 0 saturated heterocycles. The van der Waals surface area contributed by atoms with Gasteiger partial charge in [0.25, 0.3) is 0 Å². The third kappa shape index (κ3) is 3.35. The van der Waals surface area contributed by atoms with Crippen molar-refractivity contribution in [2.75, 3.05) is 0 Å². The zero-order valence-corrected chi connectivity index (χ0v) is 9.68. The highest BCUT2D eigenvalue weighted by Gasteiger charge is 2.22. The Kier molecular flexibility index (Phi) is 5.14. The van der Waals surface area contributed by atoms with Crippen LogP contribution in [0.25, 0.3) is 0 Å². The van der Waals surface area contributed by atoms with Crippen molar-refractivity contribution < 1.29 is 4.79 Å². The second-order valence-corrected chi connectivity index (χ2v) is 8.55. The Labute approximate surface area is 76.9 Å². The maximum Gasteiger partial charge on any atom is 0.151 e. The van der Waals surface area contributed by atoms with Gasteiger partial charge >= 0.3 is 0 Å². The summed E-state index contributed by atoms with van der Waals surface area (Å²) in [5.74, 6) is 0.183. The summed E-state index contributed by atoms with van der Waals surface area (Å²) in [4.78, 5) is 10.8. The van der Waals surface area contributed by atoms with Gasteiger partial charge in [-0.1, -0.05) is 44.6 Å². The molecule has 12 heavy (non-hydrogen) atoms. The Morgan fingerprint density at radius 1 is 1.17 bits per heavy atom. The first-order valence-electron chi connectivity index (χ1n) is 4.80. The van der Waals surface area contributed by atoms with E-state index in [1.807, 2.05) is 0 Å². The molecule has 0 aromatic carbocycles. The fourth-order valence-electron chi connectivity index (χ4n) is 1.40. The topological polar surface area (TPSA) is 17.1 Å². The lowest BCUT2D eigenvalue weighted by molar-refractivity contribution is -0.112. The minimum absolute atomic E-state index is 0.183. The summed E-state index contributed by atoms with van der Waals surface area (Å²) in [6, 6.07) is 3.76. The van der Waals surface area contributed by atoms with Crippen LogP contribution >= 0.6 is 0 Å². The predicted molar refractivity (Wildman–Crippen MR) is 57.0 cm³/mol. The number of carbonyl (C=O) groups excluding carboxylic acids is 1. The fourth-order valence-corrected chi connectivity index (χ4v) is 4.19. The van der Waals surface area contributed by atoms with Crippen molar-refractivity contribution in [3.63, 3.8) is 0 Å². The normalized spacial score (nSPS) is 12.3. The van der Waals surface area contributed by atoms with Crippen LogP contribution in [-0.4, -0.2) is 13.9 Å². The number of hydrogen-bond acceptors (Lipinski definition) is 1. The maximum atomic E-state index is 10.8. The highest BCUT2D eigenvalue weighted by atomic mass is 28.3. The summed E-state index contributed by atoms with van der Waals surface area (Å²) in [5, 5.41) is 0. The van der Waals surface area contributed by atoms with Gasteiger partial charge in [-0.2, -0.15) is 0 Å². The Bertz CT molecular complexity index is 160. The van der Waals surface area contributed by atoms with Crippen molar-refractivity contribution in [3.8, 4) is 0 Å². The lowest BCUT2D eigenvalue weighted by Crippen LogP contribution is -2.28. The number of carbonyl (C=O) groups is 1. The van der Waals surface area contributed by atoms with E-state index in [2.05, 4.69) is 26.5 Å². The van der Waals surface area contributed by atoms with Crippen LogP contribution in [0.3, 0.4) is 0 Å². The molecule has 0 amide bonds. The van der Waals surface area contributed by atoms with Crippen molar-refractivity contribution in [2.45, 2.75) is 45.8 Å². The molecule has 0 spiro atoms. The van der Waals surface area contributed by atoms with Crippen molar-refractivity contribution in [3.05, 3.63) is 11.8 Å². The molecule has 0 heterocycles. The predicted octanol–water partition coefficient (Wildman–Crippen LogP) is 3.18. The van der Waals surface area contributed by atoms with Crippen LogP contribution in [0.15, 0.2) is 11.8 Å². The second-order valence-electron chi connectivity index (χ2n) is 3.37. The fraction of sp³-hybridized carbons (Fsp3) is 0.700. The first kappa shape index (κ1) is 11.6. The summed E-state index contributed by atoms with van der Waals surface area (Å²) >= 11 is 0. The molecule has 0 radical (unpaired) electrons. The smallest absolute Gasteiger partial charge is 0.151 e. The number of allylic oxidation sites excluding steroid dienone is 1. The van der Waals surface area contributed by atoms with Crippen molar-refractivity contribution in [1.29, 1.82) is 0 Å². The first-order valence-corrected chi connectivity index (χ1v) is 7.50. The molecule has 70 valence electrons. The zero-order valence-electron chi connectivity index (χ0n) is 8.68. The summed E-state index contributed by atoms with van der Waals surface area (Å²) in [6.45, 7) is 8.34. The maximum absolute atomic E-state index is 10.8. The lowest BCUT2D eigenvalue weighted by atomic mass is 10.5. The van der Waals surface area contributed by atoms with Gasteiger partial charge in [0.15, 0.2) is 5.78 Å². The molecule has 0 bridgehead atoms. The molecule has 0 unspecified atom stereocenters. The highest BCUT2D eigenvalue weighted by Crippen LogP contribution is 2.21. The van der Waals surface area contributed by atoms with Crippen LogP contribution in [0.5, 0.6) is 0 Å². The van der Waals surface area contributed by atoms with Gasteiger partial charge in [-0.3, -0.25) is 4.79 Å². The largest absolute Gasteiger partial charge is 0.295 e. The van der Waals surface area contributed by atoms with Gasteiger partial charge in [-0.05, 0) is 13.0 Å². The molecule has 0 aliphatic carbocycles. The van der Waals surface area contributed by atoms with Gasteiger partial charge < -0.3 is 0 Å².